The first-order chi connectivity index (χ1) is 13.0. The van der Waals surface area contributed by atoms with Gasteiger partial charge < -0.3 is 9.84 Å². The fourth-order valence-corrected chi connectivity index (χ4v) is 2.85. The molecule has 2 N–H and O–H groups in total. The topological polar surface area (TPSA) is 95.9 Å². The highest BCUT2D eigenvalue weighted by atomic mass is 16.5. The van der Waals surface area contributed by atoms with E-state index in [1.807, 2.05) is 19.1 Å². The summed E-state index contributed by atoms with van der Waals surface area (Å²) in [5.41, 5.74) is 1.53. The van der Waals surface area contributed by atoms with Crippen LogP contribution in [0.15, 0.2) is 48.0 Å². The molecule has 7 nitrogen and oxygen atoms in total. The molecular formula is C20H18N2O5. The standard InChI is InChI=1S/C20H18N2O5/c1-3-13-6-4-5-7-15(13)22-19(25)14(18(24)21-20(22)26)10-12-8-9-16(23)17(11-12)27-2/h4-11,23H,3H2,1-2H3,(H,21,24,26)/b14-10-. The first-order valence-electron chi connectivity index (χ1n) is 8.32. The van der Waals surface area contributed by atoms with Crippen molar-refractivity contribution in [2.24, 2.45) is 0 Å². The SMILES string of the molecule is CCc1ccccc1N1C(=O)NC(=O)/C(=C/c2ccc(O)c(OC)c2)C1=O. The second kappa shape index (κ2) is 7.33. The Bertz CT molecular complexity index is 965. The second-order valence-electron chi connectivity index (χ2n) is 5.87. The molecule has 0 bridgehead atoms. The summed E-state index contributed by atoms with van der Waals surface area (Å²) in [6.45, 7) is 1.91. The minimum atomic E-state index is -0.786. The van der Waals surface area contributed by atoms with Gasteiger partial charge in [0, 0.05) is 0 Å². The molecule has 7 heteroatoms. The predicted molar refractivity (Wildman–Crippen MR) is 99.5 cm³/mol. The summed E-state index contributed by atoms with van der Waals surface area (Å²) in [6.07, 6.45) is 1.98. The van der Waals surface area contributed by atoms with E-state index in [2.05, 4.69) is 5.32 Å². The molecule has 0 aromatic heterocycles. The molecule has 4 amide bonds. The summed E-state index contributed by atoms with van der Waals surface area (Å²) in [5.74, 6) is -1.34. The molecule has 2 aromatic rings. The number of aryl methyl sites for hydroxylation is 1. The van der Waals surface area contributed by atoms with Crippen LogP contribution in [-0.4, -0.2) is 30.1 Å². The predicted octanol–water partition coefficient (Wildman–Crippen LogP) is 2.63. The van der Waals surface area contributed by atoms with Gasteiger partial charge in [-0.2, -0.15) is 0 Å². The molecule has 1 aliphatic heterocycles. The molecule has 0 radical (unpaired) electrons. The molecular weight excluding hydrogens is 348 g/mol. The molecule has 0 atom stereocenters. The van der Waals surface area contributed by atoms with Crippen molar-refractivity contribution in [3.63, 3.8) is 0 Å². The van der Waals surface area contributed by atoms with E-state index in [9.17, 15) is 19.5 Å². The largest absolute Gasteiger partial charge is 0.504 e. The van der Waals surface area contributed by atoms with Crippen LogP contribution < -0.4 is 15.0 Å². The Kier molecular flexibility index (Phi) is 4.94. The van der Waals surface area contributed by atoms with Crippen LogP contribution in [0.2, 0.25) is 0 Å². The van der Waals surface area contributed by atoms with Crippen molar-refractivity contribution >= 4 is 29.6 Å². The molecule has 0 aliphatic carbocycles. The quantitative estimate of drug-likeness (QED) is 0.641. The van der Waals surface area contributed by atoms with Crippen LogP contribution in [0.25, 0.3) is 6.08 Å². The van der Waals surface area contributed by atoms with Gasteiger partial charge in [0.05, 0.1) is 12.8 Å². The molecule has 2 aromatic carbocycles. The van der Waals surface area contributed by atoms with E-state index in [1.165, 1.54) is 31.4 Å². The number of aromatic hydroxyl groups is 1. The minimum absolute atomic E-state index is 0.0623. The number of para-hydroxylation sites is 1. The summed E-state index contributed by atoms with van der Waals surface area (Å²) < 4.78 is 5.04. The van der Waals surface area contributed by atoms with E-state index in [1.54, 1.807) is 12.1 Å². The van der Waals surface area contributed by atoms with Crippen molar-refractivity contribution in [3.05, 3.63) is 59.2 Å². The molecule has 1 saturated heterocycles. The zero-order chi connectivity index (χ0) is 19.6. The average molecular weight is 366 g/mol. The lowest BCUT2D eigenvalue weighted by atomic mass is 10.0. The Labute approximate surface area is 155 Å². The van der Waals surface area contributed by atoms with Crippen molar-refractivity contribution in [2.45, 2.75) is 13.3 Å². The van der Waals surface area contributed by atoms with Crippen LogP contribution in [0, 0.1) is 0 Å². The number of anilines is 1. The van der Waals surface area contributed by atoms with Crippen molar-refractivity contribution in [3.8, 4) is 11.5 Å². The minimum Gasteiger partial charge on any atom is -0.504 e. The lowest BCUT2D eigenvalue weighted by Gasteiger charge is -2.28. The Hall–Kier alpha value is -3.61. The zero-order valence-electron chi connectivity index (χ0n) is 14.9. The number of methoxy groups -OCH3 is 1. The molecule has 0 unspecified atom stereocenters. The van der Waals surface area contributed by atoms with Crippen LogP contribution in [0.1, 0.15) is 18.1 Å². The van der Waals surface area contributed by atoms with Gasteiger partial charge in [-0.05, 0) is 41.8 Å². The molecule has 3 rings (SSSR count). The number of urea groups is 1. The monoisotopic (exact) mass is 366 g/mol. The number of hydrogen-bond acceptors (Lipinski definition) is 5. The number of rotatable bonds is 4. The van der Waals surface area contributed by atoms with E-state index < -0.39 is 17.8 Å². The first-order valence-corrected chi connectivity index (χ1v) is 8.32. The zero-order valence-corrected chi connectivity index (χ0v) is 14.9. The third-order valence-corrected chi connectivity index (χ3v) is 4.23. The normalized spacial score (nSPS) is 15.9. The van der Waals surface area contributed by atoms with E-state index in [0.717, 1.165) is 10.5 Å². The number of hydrogen-bond donors (Lipinski definition) is 2. The van der Waals surface area contributed by atoms with Crippen molar-refractivity contribution < 1.29 is 24.2 Å². The molecule has 1 fully saturated rings. The van der Waals surface area contributed by atoms with Crippen LogP contribution in [-0.2, 0) is 16.0 Å². The molecule has 0 saturated carbocycles. The van der Waals surface area contributed by atoms with E-state index in [-0.39, 0.29) is 17.1 Å². The fourth-order valence-electron chi connectivity index (χ4n) is 2.85. The molecule has 1 aliphatic rings. The average Bonchev–Trinajstić information content (AvgIpc) is 2.66. The number of phenols is 1. The van der Waals surface area contributed by atoms with Gasteiger partial charge in [0.1, 0.15) is 5.57 Å². The van der Waals surface area contributed by atoms with E-state index in [4.69, 9.17) is 4.74 Å². The van der Waals surface area contributed by atoms with Crippen LogP contribution in [0.5, 0.6) is 11.5 Å². The maximum absolute atomic E-state index is 12.9. The number of nitrogens with one attached hydrogen (secondary N) is 1. The van der Waals surface area contributed by atoms with Gasteiger partial charge in [0.2, 0.25) is 0 Å². The summed E-state index contributed by atoms with van der Waals surface area (Å²) in [6, 6.07) is 10.7. The molecule has 0 spiro atoms. The number of nitrogens with zero attached hydrogens (tertiary/aromatic N) is 1. The number of carbonyl (C=O) groups excluding carboxylic acids is 3. The highest BCUT2D eigenvalue weighted by molar-refractivity contribution is 6.39. The number of phenolic OH excluding ortho intramolecular Hbond substituents is 1. The van der Waals surface area contributed by atoms with Crippen molar-refractivity contribution in [1.82, 2.24) is 5.32 Å². The molecule has 138 valence electrons. The molecule has 1 heterocycles. The van der Waals surface area contributed by atoms with Gasteiger partial charge >= 0.3 is 6.03 Å². The van der Waals surface area contributed by atoms with Crippen LogP contribution in [0.3, 0.4) is 0 Å². The number of benzene rings is 2. The Balaban J connectivity index is 2.05. The smallest absolute Gasteiger partial charge is 0.335 e. The summed E-state index contributed by atoms with van der Waals surface area (Å²) in [5, 5.41) is 11.9. The number of imide groups is 2. The molecule has 27 heavy (non-hydrogen) atoms. The Morgan fingerprint density at radius 2 is 1.89 bits per heavy atom. The van der Waals surface area contributed by atoms with Gasteiger partial charge in [-0.1, -0.05) is 31.2 Å². The van der Waals surface area contributed by atoms with Gasteiger partial charge in [-0.25, -0.2) is 9.69 Å². The second-order valence-corrected chi connectivity index (χ2v) is 5.87. The van der Waals surface area contributed by atoms with Gasteiger partial charge in [-0.15, -0.1) is 0 Å². The van der Waals surface area contributed by atoms with E-state index in [0.29, 0.717) is 17.7 Å². The maximum atomic E-state index is 12.9. The highest BCUT2D eigenvalue weighted by Crippen LogP contribution is 2.29. The lowest BCUT2D eigenvalue weighted by molar-refractivity contribution is -0.122. The highest BCUT2D eigenvalue weighted by Gasteiger charge is 2.37. The van der Waals surface area contributed by atoms with Crippen LogP contribution >= 0.6 is 0 Å². The van der Waals surface area contributed by atoms with Gasteiger partial charge in [0.25, 0.3) is 11.8 Å². The van der Waals surface area contributed by atoms with E-state index >= 15 is 0 Å². The lowest BCUT2D eigenvalue weighted by Crippen LogP contribution is -2.54. The van der Waals surface area contributed by atoms with Gasteiger partial charge in [-0.3, -0.25) is 14.9 Å². The fraction of sp³-hybridized carbons (Fsp3) is 0.150. The number of barbiturate groups is 1. The number of ether oxygens (including phenoxy) is 1. The summed E-state index contributed by atoms with van der Waals surface area (Å²) >= 11 is 0. The van der Waals surface area contributed by atoms with Crippen molar-refractivity contribution in [1.29, 1.82) is 0 Å². The number of amides is 4. The Morgan fingerprint density at radius 3 is 2.59 bits per heavy atom. The number of carbonyl (C=O) groups is 3. The Morgan fingerprint density at radius 1 is 1.15 bits per heavy atom. The first kappa shape index (κ1) is 18.2. The maximum Gasteiger partial charge on any atom is 0.335 e. The van der Waals surface area contributed by atoms with Crippen LogP contribution in [0.4, 0.5) is 10.5 Å². The van der Waals surface area contributed by atoms with Gasteiger partial charge in [0.15, 0.2) is 11.5 Å². The van der Waals surface area contributed by atoms with Crippen molar-refractivity contribution in [2.75, 3.05) is 12.0 Å². The third-order valence-electron chi connectivity index (χ3n) is 4.23. The summed E-state index contributed by atoms with van der Waals surface area (Å²) in [4.78, 5) is 38.5. The third kappa shape index (κ3) is 3.39. The summed E-state index contributed by atoms with van der Waals surface area (Å²) in [7, 11) is 1.40.